The number of hydrogen-bond acceptors (Lipinski definition) is 4. The molecule has 0 aromatic heterocycles. The highest BCUT2D eigenvalue weighted by Gasteiger charge is 2.18. The molecule has 1 atom stereocenters. The number of nitrogens with zero attached hydrogens (tertiary/aromatic N) is 1. The third-order valence-corrected chi connectivity index (χ3v) is 3.24. The number of halogens is 1. The first kappa shape index (κ1) is 14.1. The van der Waals surface area contributed by atoms with Gasteiger partial charge in [0.05, 0.1) is 17.2 Å². The van der Waals surface area contributed by atoms with Crippen LogP contribution in [0.5, 0.6) is 5.75 Å². The maximum Gasteiger partial charge on any atom is 0.335 e. The van der Waals surface area contributed by atoms with Gasteiger partial charge in [0, 0.05) is 13.1 Å². The molecule has 1 heterocycles. The van der Waals surface area contributed by atoms with Crippen molar-refractivity contribution >= 4 is 17.6 Å². The average Bonchev–Trinajstić information content (AvgIpc) is 2.37. The van der Waals surface area contributed by atoms with Gasteiger partial charge in [-0.1, -0.05) is 11.6 Å². The van der Waals surface area contributed by atoms with Gasteiger partial charge in [-0.05, 0) is 25.2 Å². The predicted molar refractivity (Wildman–Crippen MR) is 71.1 cm³/mol. The number of likely N-dealkylation sites (N-methyl/N-ethyl adjacent to an activating group) is 1. The maximum absolute atomic E-state index is 10.8. The lowest BCUT2D eigenvalue weighted by atomic mass is 10.2. The summed E-state index contributed by atoms with van der Waals surface area (Å²) in [6, 6.07) is 4.42. The molecule has 0 bridgehead atoms. The Morgan fingerprint density at radius 2 is 2.42 bits per heavy atom. The number of benzene rings is 1. The summed E-state index contributed by atoms with van der Waals surface area (Å²) in [5, 5.41) is 9.13. The van der Waals surface area contributed by atoms with Crippen molar-refractivity contribution in [2.75, 3.05) is 33.4 Å². The molecule has 1 aromatic rings. The summed E-state index contributed by atoms with van der Waals surface area (Å²) < 4.78 is 11.2. The van der Waals surface area contributed by atoms with Crippen LogP contribution in [0.3, 0.4) is 0 Å². The van der Waals surface area contributed by atoms with E-state index >= 15 is 0 Å². The smallest absolute Gasteiger partial charge is 0.335 e. The second-order valence-corrected chi connectivity index (χ2v) is 4.92. The van der Waals surface area contributed by atoms with E-state index in [1.165, 1.54) is 12.1 Å². The van der Waals surface area contributed by atoms with Crippen molar-refractivity contribution in [3.8, 4) is 5.75 Å². The molecule has 0 saturated carbocycles. The standard InChI is InChI=1S/C13H16ClNO4/c1-15-4-5-18-10(7-15)8-19-12-3-2-9(13(16)17)6-11(12)14/h2-3,6,10H,4-5,7-8H2,1H3,(H,16,17). The molecular formula is C13H16ClNO4. The Bertz CT molecular complexity index is 466. The number of aromatic carboxylic acids is 1. The minimum Gasteiger partial charge on any atom is -0.489 e. The highest BCUT2D eigenvalue weighted by Crippen LogP contribution is 2.25. The highest BCUT2D eigenvalue weighted by molar-refractivity contribution is 6.32. The lowest BCUT2D eigenvalue weighted by molar-refractivity contribution is -0.0403. The van der Waals surface area contributed by atoms with Crippen LogP contribution in [0.15, 0.2) is 18.2 Å². The van der Waals surface area contributed by atoms with E-state index in [1.807, 2.05) is 7.05 Å². The van der Waals surface area contributed by atoms with E-state index in [0.29, 0.717) is 24.0 Å². The van der Waals surface area contributed by atoms with Crippen LogP contribution in [0.4, 0.5) is 0 Å². The molecule has 0 amide bonds. The number of carbonyl (C=O) groups is 1. The Balaban J connectivity index is 1.94. The maximum atomic E-state index is 10.8. The Hall–Kier alpha value is -1.30. The first-order valence-corrected chi connectivity index (χ1v) is 6.40. The number of rotatable bonds is 4. The molecule has 1 aromatic carbocycles. The van der Waals surface area contributed by atoms with Gasteiger partial charge in [0.15, 0.2) is 0 Å². The van der Waals surface area contributed by atoms with Crippen molar-refractivity contribution < 1.29 is 19.4 Å². The summed E-state index contributed by atoms with van der Waals surface area (Å²) in [7, 11) is 2.03. The van der Waals surface area contributed by atoms with E-state index < -0.39 is 5.97 Å². The fourth-order valence-electron chi connectivity index (χ4n) is 1.90. The molecule has 0 aliphatic carbocycles. The van der Waals surface area contributed by atoms with E-state index in [0.717, 1.165) is 13.1 Å². The summed E-state index contributed by atoms with van der Waals surface area (Å²) in [6.07, 6.45) is 0.00830. The van der Waals surface area contributed by atoms with E-state index in [2.05, 4.69) is 4.90 Å². The molecule has 6 heteroatoms. The van der Waals surface area contributed by atoms with Crippen LogP contribution in [0.2, 0.25) is 5.02 Å². The molecule has 1 fully saturated rings. The van der Waals surface area contributed by atoms with Crippen LogP contribution < -0.4 is 4.74 Å². The zero-order valence-electron chi connectivity index (χ0n) is 10.6. The van der Waals surface area contributed by atoms with Crippen LogP contribution in [0.25, 0.3) is 0 Å². The van der Waals surface area contributed by atoms with Gasteiger partial charge in [-0.15, -0.1) is 0 Å². The molecule has 1 aliphatic rings. The Morgan fingerprint density at radius 3 is 3.05 bits per heavy atom. The molecular weight excluding hydrogens is 270 g/mol. The quantitative estimate of drug-likeness (QED) is 0.913. The van der Waals surface area contributed by atoms with Gasteiger partial charge in [-0.2, -0.15) is 0 Å². The summed E-state index contributed by atoms with van der Waals surface area (Å²) in [4.78, 5) is 13.0. The van der Waals surface area contributed by atoms with Gasteiger partial charge in [-0.25, -0.2) is 4.79 Å². The van der Waals surface area contributed by atoms with E-state index in [4.69, 9.17) is 26.2 Å². The van der Waals surface area contributed by atoms with Crippen LogP contribution >= 0.6 is 11.6 Å². The lowest BCUT2D eigenvalue weighted by Gasteiger charge is -2.29. The molecule has 19 heavy (non-hydrogen) atoms. The summed E-state index contributed by atoms with van der Waals surface area (Å²) in [5.74, 6) is -0.533. The molecule has 5 nitrogen and oxygen atoms in total. The second-order valence-electron chi connectivity index (χ2n) is 4.52. The first-order valence-electron chi connectivity index (χ1n) is 6.02. The largest absolute Gasteiger partial charge is 0.489 e. The SMILES string of the molecule is CN1CCOC(COc2ccc(C(=O)O)cc2Cl)C1. The van der Waals surface area contributed by atoms with Gasteiger partial charge in [0.2, 0.25) is 0 Å². The molecule has 1 saturated heterocycles. The van der Waals surface area contributed by atoms with Gasteiger partial charge in [0.25, 0.3) is 0 Å². The van der Waals surface area contributed by atoms with Crippen molar-refractivity contribution in [1.82, 2.24) is 4.90 Å². The highest BCUT2D eigenvalue weighted by atomic mass is 35.5. The Labute approximate surface area is 116 Å². The lowest BCUT2D eigenvalue weighted by Crippen LogP contribution is -2.42. The summed E-state index contributed by atoms with van der Waals surface area (Å²) >= 11 is 5.98. The molecule has 104 valence electrons. The third kappa shape index (κ3) is 3.83. The molecule has 2 rings (SSSR count). The molecule has 1 aliphatic heterocycles. The average molecular weight is 286 g/mol. The van der Waals surface area contributed by atoms with E-state index in [-0.39, 0.29) is 11.7 Å². The van der Waals surface area contributed by atoms with Gasteiger partial charge >= 0.3 is 5.97 Å². The number of morpholine rings is 1. The van der Waals surface area contributed by atoms with Crippen LogP contribution in [0, 0.1) is 0 Å². The second kappa shape index (κ2) is 6.23. The summed E-state index contributed by atoms with van der Waals surface area (Å²) in [5.41, 5.74) is 0.144. The van der Waals surface area contributed by atoms with Crippen molar-refractivity contribution in [2.45, 2.75) is 6.10 Å². The normalized spacial score (nSPS) is 20.2. The predicted octanol–water partition coefficient (Wildman–Crippen LogP) is 1.75. The van der Waals surface area contributed by atoms with Gasteiger partial charge in [0.1, 0.15) is 18.5 Å². The number of carboxylic acids is 1. The fourth-order valence-corrected chi connectivity index (χ4v) is 2.14. The van der Waals surface area contributed by atoms with Crippen molar-refractivity contribution in [3.05, 3.63) is 28.8 Å². The monoisotopic (exact) mass is 285 g/mol. The molecule has 1 unspecified atom stereocenters. The Morgan fingerprint density at radius 1 is 1.63 bits per heavy atom. The zero-order chi connectivity index (χ0) is 13.8. The van der Waals surface area contributed by atoms with E-state index in [1.54, 1.807) is 6.07 Å². The van der Waals surface area contributed by atoms with Crippen LogP contribution in [-0.4, -0.2) is 55.4 Å². The number of hydrogen-bond donors (Lipinski definition) is 1. The van der Waals surface area contributed by atoms with Crippen molar-refractivity contribution in [3.63, 3.8) is 0 Å². The summed E-state index contributed by atoms with van der Waals surface area (Å²) in [6.45, 7) is 2.82. The van der Waals surface area contributed by atoms with Crippen molar-refractivity contribution in [1.29, 1.82) is 0 Å². The zero-order valence-corrected chi connectivity index (χ0v) is 11.4. The van der Waals surface area contributed by atoms with Crippen LogP contribution in [0.1, 0.15) is 10.4 Å². The van der Waals surface area contributed by atoms with Crippen LogP contribution in [-0.2, 0) is 4.74 Å². The minimum atomic E-state index is -1.01. The minimum absolute atomic E-state index is 0.00830. The van der Waals surface area contributed by atoms with E-state index in [9.17, 15) is 4.79 Å². The number of ether oxygens (including phenoxy) is 2. The Kier molecular flexibility index (Phi) is 4.63. The van der Waals surface area contributed by atoms with Crippen molar-refractivity contribution in [2.24, 2.45) is 0 Å². The molecule has 1 N–H and O–H groups in total. The van der Waals surface area contributed by atoms with Gasteiger partial charge in [-0.3, -0.25) is 0 Å². The first-order chi connectivity index (χ1) is 9.06. The third-order valence-electron chi connectivity index (χ3n) is 2.95. The topological polar surface area (TPSA) is 59.0 Å². The molecule has 0 radical (unpaired) electrons. The fraction of sp³-hybridized carbons (Fsp3) is 0.462. The van der Waals surface area contributed by atoms with Gasteiger partial charge < -0.3 is 19.5 Å². The molecule has 0 spiro atoms. The number of carboxylic acid groups (broad SMARTS) is 1.